The molecule has 0 spiro atoms. The maximum absolute atomic E-state index is 12.4. The fourth-order valence-electron chi connectivity index (χ4n) is 1.91. The molecule has 0 aliphatic rings. The first-order valence-electron chi connectivity index (χ1n) is 6.62. The van der Waals surface area contributed by atoms with Crippen LogP contribution in [-0.4, -0.2) is 9.92 Å². The molecule has 0 fully saturated rings. The van der Waals surface area contributed by atoms with Gasteiger partial charge in [-0.3, -0.25) is 0 Å². The van der Waals surface area contributed by atoms with Crippen LogP contribution in [0.15, 0.2) is 95.3 Å². The van der Waals surface area contributed by atoms with Crippen molar-refractivity contribution in [3.05, 3.63) is 91.5 Å². The molecule has 2 nitrogen and oxygen atoms in total. The molecule has 106 valence electrons. The van der Waals surface area contributed by atoms with Crippen molar-refractivity contribution in [2.45, 2.75) is 4.90 Å². The monoisotopic (exact) mass is 295 g/mol. The Bertz CT molecular complexity index is 654. The van der Waals surface area contributed by atoms with Gasteiger partial charge in [0.25, 0.3) is 0 Å². The largest absolute Gasteiger partial charge is 0.229 e. The highest BCUT2D eigenvalue weighted by Crippen LogP contribution is 2.16. The predicted molar refractivity (Wildman–Crippen MR) is 89.7 cm³/mol. The quantitative estimate of drug-likeness (QED) is 0.580. The van der Waals surface area contributed by atoms with Gasteiger partial charge in [-0.2, -0.15) is 4.40 Å². The molecule has 1 unspecified atom stereocenters. The molecule has 1 atom stereocenters. The van der Waals surface area contributed by atoms with E-state index in [2.05, 4.69) is 17.6 Å². The van der Waals surface area contributed by atoms with E-state index < -0.39 is 11.0 Å². The van der Waals surface area contributed by atoms with Crippen LogP contribution in [0.25, 0.3) is 0 Å². The van der Waals surface area contributed by atoms with Crippen molar-refractivity contribution in [2.75, 3.05) is 0 Å². The third-order valence-corrected chi connectivity index (χ3v) is 4.06. The topological polar surface area (TPSA) is 29.4 Å². The summed E-state index contributed by atoms with van der Waals surface area (Å²) in [5.74, 6) is -0.139. The number of hydrogen-bond acceptors (Lipinski definition) is 1. The molecule has 0 aliphatic carbocycles. The Kier molecular flexibility index (Phi) is 5.41. The first kappa shape index (κ1) is 15.1. The van der Waals surface area contributed by atoms with Gasteiger partial charge in [0.15, 0.2) is 11.0 Å². The fraction of sp³-hybridized carbons (Fsp3) is 0.0556. The predicted octanol–water partition coefficient (Wildman–Crippen LogP) is 4.19. The van der Waals surface area contributed by atoms with Crippen LogP contribution in [-0.2, 0) is 11.0 Å². The third-order valence-electron chi connectivity index (χ3n) is 3.02. The zero-order chi connectivity index (χ0) is 15.1. The van der Waals surface area contributed by atoms with Crippen LogP contribution in [0.1, 0.15) is 5.56 Å². The summed E-state index contributed by atoms with van der Waals surface area (Å²) >= 11 is 0. The maximum Gasteiger partial charge on any atom is 0.172 e. The van der Waals surface area contributed by atoms with Crippen LogP contribution in [0.3, 0.4) is 0 Å². The maximum atomic E-state index is 12.4. The first-order chi connectivity index (χ1) is 10.3. The van der Waals surface area contributed by atoms with Gasteiger partial charge in [-0.15, -0.1) is 13.2 Å². The third kappa shape index (κ3) is 3.86. The highest BCUT2D eigenvalue weighted by Gasteiger charge is 2.13. The van der Waals surface area contributed by atoms with Crippen molar-refractivity contribution >= 4 is 16.7 Å². The summed E-state index contributed by atoms with van der Waals surface area (Å²) in [6.45, 7) is 7.61. The molecule has 3 heteroatoms. The molecule has 0 aliphatic heterocycles. The molecular formula is C18H17NOS. The second kappa shape index (κ2) is 7.50. The lowest BCUT2D eigenvalue weighted by molar-refractivity contribution is 0.684. The van der Waals surface area contributed by atoms with Crippen molar-refractivity contribution in [3.8, 4) is 0 Å². The average Bonchev–Trinajstić information content (AvgIpc) is 2.56. The lowest BCUT2D eigenvalue weighted by Gasteiger charge is -2.11. The Morgan fingerprint density at radius 2 is 1.48 bits per heavy atom. The highest BCUT2D eigenvalue weighted by molar-refractivity contribution is 7.84. The minimum atomic E-state index is -1.45. The van der Waals surface area contributed by atoms with Crippen molar-refractivity contribution in [2.24, 2.45) is 10.3 Å². The molecule has 2 aromatic carbocycles. The van der Waals surface area contributed by atoms with Crippen LogP contribution in [0.5, 0.6) is 0 Å². The molecule has 0 amide bonds. The van der Waals surface area contributed by atoms with E-state index in [-0.39, 0.29) is 5.92 Å². The van der Waals surface area contributed by atoms with Gasteiger partial charge < -0.3 is 0 Å². The Morgan fingerprint density at radius 3 is 2.00 bits per heavy atom. The summed E-state index contributed by atoms with van der Waals surface area (Å²) in [4.78, 5) is 0.679. The summed E-state index contributed by atoms with van der Waals surface area (Å²) in [5.41, 5.74) is 1.63. The lowest BCUT2D eigenvalue weighted by Crippen LogP contribution is -2.12. The summed E-state index contributed by atoms with van der Waals surface area (Å²) in [6.07, 6.45) is 3.50. The minimum Gasteiger partial charge on any atom is -0.229 e. The van der Waals surface area contributed by atoms with Gasteiger partial charge in [0.1, 0.15) is 0 Å². The number of hydrogen-bond donors (Lipinski definition) is 0. The number of benzene rings is 2. The van der Waals surface area contributed by atoms with E-state index in [1.54, 1.807) is 24.3 Å². The molecule has 2 aromatic rings. The van der Waals surface area contributed by atoms with E-state index in [0.29, 0.717) is 10.6 Å². The summed E-state index contributed by atoms with van der Waals surface area (Å²) in [7, 11) is -1.45. The lowest BCUT2D eigenvalue weighted by atomic mass is 9.97. The summed E-state index contributed by atoms with van der Waals surface area (Å²) < 4.78 is 16.8. The van der Waals surface area contributed by atoms with Crippen LogP contribution < -0.4 is 0 Å². The molecule has 0 N–H and O–H groups in total. The molecule has 0 heterocycles. The van der Waals surface area contributed by atoms with Crippen molar-refractivity contribution in [1.82, 2.24) is 0 Å². The van der Waals surface area contributed by atoms with Crippen molar-refractivity contribution < 1.29 is 4.21 Å². The Hall–Kier alpha value is -2.26. The van der Waals surface area contributed by atoms with E-state index in [4.69, 9.17) is 0 Å². The molecular weight excluding hydrogens is 278 g/mol. The van der Waals surface area contributed by atoms with Gasteiger partial charge >= 0.3 is 0 Å². The second-order valence-corrected chi connectivity index (χ2v) is 5.55. The van der Waals surface area contributed by atoms with Crippen LogP contribution in [0.4, 0.5) is 0 Å². The standard InChI is InChI=1S/C18H17NOS/c1-3-15(4-2)18(16-11-7-5-8-12-16)19-21(20)17-13-9-6-10-14-17/h3-15H,1-2H2/b19-18+. The second-order valence-electron chi connectivity index (χ2n) is 4.40. The molecule has 0 radical (unpaired) electrons. The van der Waals surface area contributed by atoms with Gasteiger partial charge in [0.05, 0.1) is 10.6 Å². The number of allylic oxidation sites excluding steroid dienone is 2. The minimum absolute atomic E-state index is 0.139. The fourth-order valence-corrected chi connectivity index (χ4v) is 2.81. The molecule has 2 rings (SSSR count). The Balaban J connectivity index is 2.45. The normalized spacial score (nSPS) is 12.9. The van der Waals surface area contributed by atoms with E-state index in [0.717, 1.165) is 5.56 Å². The zero-order valence-corrected chi connectivity index (χ0v) is 12.5. The van der Waals surface area contributed by atoms with E-state index in [9.17, 15) is 4.21 Å². The molecule has 0 bridgehead atoms. The van der Waals surface area contributed by atoms with E-state index in [1.807, 2.05) is 48.5 Å². The van der Waals surface area contributed by atoms with Crippen LogP contribution >= 0.6 is 0 Å². The Labute approximate surface area is 128 Å². The molecule has 0 saturated carbocycles. The van der Waals surface area contributed by atoms with Gasteiger partial charge in [-0.1, -0.05) is 60.7 Å². The summed E-state index contributed by atoms with van der Waals surface area (Å²) in [5, 5.41) is 0. The average molecular weight is 295 g/mol. The number of nitrogens with zero attached hydrogens (tertiary/aromatic N) is 1. The Morgan fingerprint density at radius 1 is 0.952 bits per heavy atom. The highest BCUT2D eigenvalue weighted by atomic mass is 32.2. The smallest absolute Gasteiger partial charge is 0.172 e. The van der Waals surface area contributed by atoms with Crippen molar-refractivity contribution in [1.29, 1.82) is 0 Å². The van der Waals surface area contributed by atoms with Crippen LogP contribution in [0.2, 0.25) is 0 Å². The molecule has 21 heavy (non-hydrogen) atoms. The SMILES string of the molecule is C=CC(C=C)/C(=N\S(=O)c1ccccc1)c1ccccc1. The molecule has 0 aromatic heterocycles. The first-order valence-corrected chi connectivity index (χ1v) is 7.73. The van der Waals surface area contributed by atoms with Gasteiger partial charge in [-0.25, -0.2) is 4.21 Å². The number of rotatable bonds is 6. The van der Waals surface area contributed by atoms with Gasteiger partial charge in [0.2, 0.25) is 0 Å². The van der Waals surface area contributed by atoms with Crippen molar-refractivity contribution in [3.63, 3.8) is 0 Å². The zero-order valence-electron chi connectivity index (χ0n) is 11.7. The summed E-state index contributed by atoms with van der Waals surface area (Å²) in [6, 6.07) is 18.9. The van der Waals surface area contributed by atoms with Crippen LogP contribution in [0, 0.1) is 5.92 Å². The molecule has 0 saturated heterocycles. The van der Waals surface area contributed by atoms with E-state index in [1.165, 1.54) is 0 Å². The van der Waals surface area contributed by atoms with E-state index >= 15 is 0 Å². The van der Waals surface area contributed by atoms with Gasteiger partial charge in [0, 0.05) is 5.92 Å². The van der Waals surface area contributed by atoms with Gasteiger partial charge in [-0.05, 0) is 17.7 Å².